The summed E-state index contributed by atoms with van der Waals surface area (Å²) in [5, 5.41) is 9.99. The molecule has 3 atom stereocenters. The van der Waals surface area contributed by atoms with Crippen LogP contribution in [0.2, 0.25) is 0 Å². The fraction of sp³-hybridized carbons (Fsp3) is 0.550. The number of amides is 2. The predicted molar refractivity (Wildman–Crippen MR) is 105 cm³/mol. The number of H-pyrrole nitrogens is 1. The van der Waals surface area contributed by atoms with Crippen molar-refractivity contribution in [2.45, 2.75) is 64.0 Å². The Kier molecular flexibility index (Phi) is 5.46. The maximum Gasteiger partial charge on any atom is 0.410 e. The van der Waals surface area contributed by atoms with Gasteiger partial charge in [0.25, 0.3) is 0 Å². The molecule has 29 heavy (non-hydrogen) atoms. The molecule has 2 aromatic heterocycles. The molecule has 0 spiro atoms. The summed E-state index contributed by atoms with van der Waals surface area (Å²) in [4.78, 5) is 34.5. The van der Waals surface area contributed by atoms with E-state index in [1.165, 1.54) is 0 Å². The van der Waals surface area contributed by atoms with Crippen molar-refractivity contribution in [3.63, 3.8) is 0 Å². The molecule has 4 rings (SSSR count). The first-order chi connectivity index (χ1) is 14.0. The number of likely N-dealkylation sites (tertiary alicyclic amines) is 1. The zero-order valence-corrected chi connectivity index (χ0v) is 16.7. The first kappa shape index (κ1) is 19.4. The molecule has 1 aliphatic carbocycles. The van der Waals surface area contributed by atoms with Crippen LogP contribution in [0.25, 0.3) is 0 Å². The molecular weight excluding hydrogens is 372 g/mol. The zero-order valence-electron chi connectivity index (χ0n) is 16.7. The van der Waals surface area contributed by atoms with Crippen LogP contribution >= 0.6 is 0 Å². The van der Waals surface area contributed by atoms with Gasteiger partial charge in [-0.1, -0.05) is 0 Å². The lowest BCUT2D eigenvalue weighted by Gasteiger charge is -2.38. The Morgan fingerprint density at radius 1 is 1.28 bits per heavy atom. The van der Waals surface area contributed by atoms with Crippen molar-refractivity contribution in [3.05, 3.63) is 35.5 Å². The Morgan fingerprint density at radius 3 is 2.83 bits per heavy atom. The van der Waals surface area contributed by atoms with E-state index in [-0.39, 0.29) is 36.5 Å². The summed E-state index contributed by atoms with van der Waals surface area (Å²) in [5.74, 6) is 0.533. The van der Waals surface area contributed by atoms with Crippen molar-refractivity contribution >= 4 is 17.8 Å². The summed E-state index contributed by atoms with van der Waals surface area (Å²) in [6, 6.07) is 2.13. The van der Waals surface area contributed by atoms with Gasteiger partial charge >= 0.3 is 6.09 Å². The van der Waals surface area contributed by atoms with Crippen LogP contribution in [0.4, 0.5) is 10.6 Å². The normalized spacial score (nSPS) is 23.5. The Hall–Kier alpha value is -2.97. The van der Waals surface area contributed by atoms with Crippen LogP contribution in [0.5, 0.6) is 0 Å². The number of rotatable bonds is 5. The fourth-order valence-electron chi connectivity index (χ4n) is 3.80. The van der Waals surface area contributed by atoms with Gasteiger partial charge < -0.3 is 15.0 Å². The molecule has 2 aliphatic rings. The van der Waals surface area contributed by atoms with Gasteiger partial charge in [0.1, 0.15) is 6.10 Å². The van der Waals surface area contributed by atoms with Crippen LogP contribution in [0.1, 0.15) is 55.6 Å². The number of ether oxygens (including phenoxy) is 1. The largest absolute Gasteiger partial charge is 0.446 e. The van der Waals surface area contributed by atoms with E-state index in [1.54, 1.807) is 17.3 Å². The Bertz CT molecular complexity index is 881. The number of carbonyl (C=O) groups excluding carboxylic acids is 2. The summed E-state index contributed by atoms with van der Waals surface area (Å²) >= 11 is 0. The van der Waals surface area contributed by atoms with Crippen molar-refractivity contribution in [3.8, 4) is 0 Å². The Balaban J connectivity index is 1.27. The molecule has 2 N–H and O–H groups in total. The van der Waals surface area contributed by atoms with Crippen molar-refractivity contribution in [1.82, 2.24) is 25.1 Å². The van der Waals surface area contributed by atoms with Crippen LogP contribution in [-0.2, 0) is 16.0 Å². The molecule has 2 fully saturated rings. The molecule has 154 valence electrons. The summed E-state index contributed by atoms with van der Waals surface area (Å²) in [5.41, 5.74) is 2.37. The van der Waals surface area contributed by atoms with Crippen molar-refractivity contribution in [1.29, 1.82) is 0 Å². The lowest BCUT2D eigenvalue weighted by molar-refractivity contribution is -0.115. The molecule has 0 unspecified atom stereocenters. The number of hydrogen-bond acceptors (Lipinski definition) is 6. The number of aromatic nitrogens is 4. The van der Waals surface area contributed by atoms with E-state index in [2.05, 4.69) is 25.5 Å². The van der Waals surface area contributed by atoms with Crippen LogP contribution in [0.3, 0.4) is 0 Å². The van der Waals surface area contributed by atoms with Crippen LogP contribution in [0, 0.1) is 6.92 Å². The Morgan fingerprint density at radius 2 is 2.14 bits per heavy atom. The SMILES string of the molecule is Cc1cnc(CC(=O)Nc2cc([C@H]3CC[C@@H](OC(=O)N4CC[C@@H]4C)C3)[nH]n2)cn1. The van der Waals surface area contributed by atoms with E-state index >= 15 is 0 Å². The maximum absolute atomic E-state index is 12.2. The number of nitrogens with zero attached hydrogens (tertiary/aromatic N) is 4. The third-order valence-electron chi connectivity index (χ3n) is 5.69. The smallest absolute Gasteiger partial charge is 0.410 e. The number of hydrogen-bond donors (Lipinski definition) is 2. The summed E-state index contributed by atoms with van der Waals surface area (Å²) in [6.07, 6.45) is 6.68. The van der Waals surface area contributed by atoms with Gasteiger partial charge in [0.15, 0.2) is 5.82 Å². The average molecular weight is 398 g/mol. The monoisotopic (exact) mass is 398 g/mol. The van der Waals surface area contributed by atoms with Crippen molar-refractivity contribution in [2.24, 2.45) is 0 Å². The molecule has 2 amide bonds. The van der Waals surface area contributed by atoms with Gasteiger partial charge in [0, 0.05) is 42.7 Å². The van der Waals surface area contributed by atoms with E-state index in [0.717, 1.165) is 43.6 Å². The van der Waals surface area contributed by atoms with E-state index in [4.69, 9.17) is 4.74 Å². The minimum Gasteiger partial charge on any atom is -0.446 e. The van der Waals surface area contributed by atoms with Gasteiger partial charge in [-0.25, -0.2) is 4.79 Å². The maximum atomic E-state index is 12.2. The highest BCUT2D eigenvalue weighted by Crippen LogP contribution is 2.36. The van der Waals surface area contributed by atoms with Crippen molar-refractivity contribution in [2.75, 3.05) is 11.9 Å². The van der Waals surface area contributed by atoms with Crippen molar-refractivity contribution < 1.29 is 14.3 Å². The molecule has 2 aromatic rings. The molecular formula is C20H26N6O3. The van der Waals surface area contributed by atoms with E-state index in [1.807, 2.05) is 19.9 Å². The van der Waals surface area contributed by atoms with Gasteiger partial charge in [0.05, 0.1) is 17.8 Å². The third kappa shape index (κ3) is 4.55. The number of anilines is 1. The van der Waals surface area contributed by atoms with E-state index < -0.39 is 0 Å². The zero-order chi connectivity index (χ0) is 20.4. The Labute approximate surface area is 169 Å². The highest BCUT2D eigenvalue weighted by molar-refractivity contribution is 5.91. The van der Waals surface area contributed by atoms with E-state index in [0.29, 0.717) is 11.5 Å². The highest BCUT2D eigenvalue weighted by atomic mass is 16.6. The molecule has 0 radical (unpaired) electrons. The van der Waals surface area contributed by atoms with Crippen LogP contribution in [-0.4, -0.2) is 55.8 Å². The third-order valence-corrected chi connectivity index (χ3v) is 5.69. The molecule has 3 heterocycles. The number of aromatic amines is 1. The number of aryl methyl sites for hydroxylation is 1. The van der Waals surface area contributed by atoms with Gasteiger partial charge in [-0.05, 0) is 39.5 Å². The molecule has 1 saturated heterocycles. The van der Waals surface area contributed by atoms with Gasteiger partial charge in [-0.3, -0.25) is 19.9 Å². The molecule has 9 nitrogen and oxygen atoms in total. The van der Waals surface area contributed by atoms with Crippen LogP contribution in [0.15, 0.2) is 18.5 Å². The molecule has 1 saturated carbocycles. The minimum atomic E-state index is -0.203. The van der Waals surface area contributed by atoms with Crippen LogP contribution < -0.4 is 5.32 Å². The topological polar surface area (TPSA) is 113 Å². The lowest BCUT2D eigenvalue weighted by Crippen LogP contribution is -2.50. The fourth-order valence-corrected chi connectivity index (χ4v) is 3.80. The highest BCUT2D eigenvalue weighted by Gasteiger charge is 2.34. The van der Waals surface area contributed by atoms with E-state index in [9.17, 15) is 9.59 Å². The summed E-state index contributed by atoms with van der Waals surface area (Å²) < 4.78 is 5.65. The predicted octanol–water partition coefficient (Wildman–Crippen LogP) is 2.56. The minimum absolute atomic E-state index is 0.0678. The first-order valence-corrected chi connectivity index (χ1v) is 10.1. The lowest BCUT2D eigenvalue weighted by atomic mass is 10.0. The number of nitrogens with one attached hydrogen (secondary N) is 2. The van der Waals surface area contributed by atoms with Gasteiger partial charge in [-0.15, -0.1) is 0 Å². The molecule has 0 bridgehead atoms. The quantitative estimate of drug-likeness (QED) is 0.800. The second kappa shape index (κ2) is 8.18. The summed E-state index contributed by atoms with van der Waals surface area (Å²) in [6.45, 7) is 4.67. The molecule has 1 aliphatic heterocycles. The second-order valence-electron chi connectivity index (χ2n) is 7.93. The molecule has 9 heteroatoms. The summed E-state index contributed by atoms with van der Waals surface area (Å²) in [7, 11) is 0. The molecule has 0 aromatic carbocycles. The second-order valence-corrected chi connectivity index (χ2v) is 7.93. The van der Waals surface area contributed by atoms with Gasteiger partial charge in [-0.2, -0.15) is 5.10 Å². The number of carbonyl (C=O) groups is 2. The standard InChI is InChI=1S/C20H26N6O3/c1-12-10-22-15(11-21-12)8-19(27)23-18-9-17(24-25-18)14-3-4-16(7-14)29-20(28)26-6-5-13(26)2/h9-11,13-14,16H,3-8H2,1-2H3,(H2,23,24,25,27)/t13-,14-,16+/m0/s1. The average Bonchev–Trinajstić information content (AvgIpc) is 3.31. The van der Waals surface area contributed by atoms with Gasteiger partial charge in [0.2, 0.25) is 5.91 Å². The first-order valence-electron chi connectivity index (χ1n) is 10.1.